The molecular weight excluding hydrogens is 356 g/mol. The first-order valence-corrected chi connectivity index (χ1v) is 7.07. The van der Waals surface area contributed by atoms with Crippen molar-refractivity contribution in [2.75, 3.05) is 7.05 Å². The summed E-state index contributed by atoms with van der Waals surface area (Å²) in [6.07, 6.45) is 0. The lowest BCUT2D eigenvalue weighted by Gasteiger charge is -2.09. The SMILES string of the molecule is CNCc1ccc(F)c(COc2cccc(I)c2)c1. The van der Waals surface area contributed by atoms with Crippen molar-refractivity contribution in [1.82, 2.24) is 5.32 Å². The summed E-state index contributed by atoms with van der Waals surface area (Å²) in [5, 5.41) is 3.05. The maximum absolute atomic E-state index is 13.7. The summed E-state index contributed by atoms with van der Waals surface area (Å²) in [6, 6.07) is 12.8. The van der Waals surface area contributed by atoms with E-state index in [0.29, 0.717) is 5.56 Å². The molecule has 0 aromatic heterocycles. The molecule has 2 rings (SSSR count). The average molecular weight is 371 g/mol. The van der Waals surface area contributed by atoms with Gasteiger partial charge in [-0.1, -0.05) is 12.1 Å². The standard InChI is InChI=1S/C15H15FINO/c1-18-9-11-5-6-15(16)12(7-11)10-19-14-4-2-3-13(17)8-14/h2-8,18H,9-10H2,1H3. The predicted molar refractivity (Wildman–Crippen MR) is 82.7 cm³/mol. The summed E-state index contributed by atoms with van der Waals surface area (Å²) in [7, 11) is 1.87. The lowest BCUT2D eigenvalue weighted by molar-refractivity contribution is 0.299. The summed E-state index contributed by atoms with van der Waals surface area (Å²) in [5.74, 6) is 0.524. The van der Waals surface area contributed by atoms with Crippen molar-refractivity contribution in [3.05, 3.63) is 63.0 Å². The van der Waals surface area contributed by atoms with Gasteiger partial charge < -0.3 is 10.1 Å². The van der Waals surface area contributed by atoms with Crippen molar-refractivity contribution in [3.63, 3.8) is 0 Å². The number of benzene rings is 2. The van der Waals surface area contributed by atoms with Crippen molar-refractivity contribution >= 4 is 22.6 Å². The smallest absolute Gasteiger partial charge is 0.129 e. The molecule has 0 saturated heterocycles. The number of ether oxygens (including phenoxy) is 1. The van der Waals surface area contributed by atoms with E-state index in [0.717, 1.165) is 21.4 Å². The highest BCUT2D eigenvalue weighted by atomic mass is 127. The highest BCUT2D eigenvalue weighted by Crippen LogP contribution is 2.18. The van der Waals surface area contributed by atoms with Crippen molar-refractivity contribution in [1.29, 1.82) is 0 Å². The lowest BCUT2D eigenvalue weighted by atomic mass is 10.1. The molecule has 4 heteroatoms. The van der Waals surface area contributed by atoms with E-state index in [2.05, 4.69) is 27.9 Å². The normalized spacial score (nSPS) is 10.5. The molecule has 0 unspecified atom stereocenters. The Balaban J connectivity index is 2.08. The van der Waals surface area contributed by atoms with Crippen LogP contribution in [0.15, 0.2) is 42.5 Å². The number of halogens is 2. The maximum Gasteiger partial charge on any atom is 0.129 e. The molecule has 2 nitrogen and oxygen atoms in total. The quantitative estimate of drug-likeness (QED) is 0.809. The van der Waals surface area contributed by atoms with Gasteiger partial charge in [-0.2, -0.15) is 0 Å². The zero-order valence-electron chi connectivity index (χ0n) is 10.6. The summed E-state index contributed by atoms with van der Waals surface area (Å²) < 4.78 is 20.4. The molecule has 19 heavy (non-hydrogen) atoms. The third-order valence-electron chi connectivity index (χ3n) is 2.68. The minimum Gasteiger partial charge on any atom is -0.489 e. The van der Waals surface area contributed by atoms with Gasteiger partial charge in [0.1, 0.15) is 18.2 Å². The molecule has 2 aromatic rings. The second-order valence-electron chi connectivity index (χ2n) is 4.20. The Labute approximate surface area is 126 Å². The number of hydrogen-bond acceptors (Lipinski definition) is 2. The van der Waals surface area contributed by atoms with E-state index < -0.39 is 0 Å². The second kappa shape index (κ2) is 6.86. The van der Waals surface area contributed by atoms with Gasteiger partial charge in [0.25, 0.3) is 0 Å². The molecule has 0 saturated carbocycles. The van der Waals surface area contributed by atoms with Crippen LogP contribution in [0.25, 0.3) is 0 Å². The molecule has 0 heterocycles. The van der Waals surface area contributed by atoms with Gasteiger partial charge in [0.2, 0.25) is 0 Å². The minimum absolute atomic E-state index is 0.231. The molecule has 1 N–H and O–H groups in total. The van der Waals surface area contributed by atoms with E-state index in [9.17, 15) is 4.39 Å². The van der Waals surface area contributed by atoms with Crippen LogP contribution in [0, 0.1) is 9.39 Å². The maximum atomic E-state index is 13.7. The van der Waals surface area contributed by atoms with Gasteiger partial charge in [-0.15, -0.1) is 0 Å². The summed E-state index contributed by atoms with van der Waals surface area (Å²) in [6.45, 7) is 0.958. The number of rotatable bonds is 5. The Morgan fingerprint density at radius 2 is 2.05 bits per heavy atom. The molecule has 0 spiro atoms. The Kier molecular flexibility index (Phi) is 5.15. The zero-order valence-corrected chi connectivity index (χ0v) is 12.8. The van der Waals surface area contributed by atoms with Gasteiger partial charge in [0, 0.05) is 15.7 Å². The van der Waals surface area contributed by atoms with Crippen molar-refractivity contribution in [2.24, 2.45) is 0 Å². The van der Waals surface area contributed by atoms with Crippen LogP contribution < -0.4 is 10.1 Å². The third kappa shape index (κ3) is 4.18. The van der Waals surface area contributed by atoms with E-state index in [1.165, 1.54) is 6.07 Å². The zero-order chi connectivity index (χ0) is 13.7. The van der Waals surface area contributed by atoms with Gasteiger partial charge in [-0.05, 0) is 65.5 Å². The Morgan fingerprint density at radius 1 is 1.21 bits per heavy atom. The van der Waals surface area contributed by atoms with E-state index in [-0.39, 0.29) is 12.4 Å². The monoisotopic (exact) mass is 371 g/mol. The van der Waals surface area contributed by atoms with Crippen LogP contribution >= 0.6 is 22.6 Å². The summed E-state index contributed by atoms with van der Waals surface area (Å²) in [4.78, 5) is 0. The lowest BCUT2D eigenvalue weighted by Crippen LogP contribution is -2.07. The molecule has 0 aliphatic carbocycles. The van der Waals surface area contributed by atoms with Crippen LogP contribution in [-0.2, 0) is 13.2 Å². The highest BCUT2D eigenvalue weighted by molar-refractivity contribution is 14.1. The average Bonchev–Trinajstić information content (AvgIpc) is 2.40. The van der Waals surface area contributed by atoms with Gasteiger partial charge in [-0.3, -0.25) is 0 Å². The predicted octanol–water partition coefficient (Wildman–Crippen LogP) is 3.73. The van der Waals surface area contributed by atoms with Crippen LogP contribution in [0.1, 0.15) is 11.1 Å². The van der Waals surface area contributed by atoms with Crippen LogP contribution in [-0.4, -0.2) is 7.05 Å². The first kappa shape index (κ1) is 14.3. The molecule has 0 aliphatic rings. The third-order valence-corrected chi connectivity index (χ3v) is 3.35. The van der Waals surface area contributed by atoms with E-state index in [1.54, 1.807) is 6.07 Å². The number of nitrogens with one attached hydrogen (secondary N) is 1. The summed E-state index contributed by atoms with van der Waals surface area (Å²) in [5.41, 5.74) is 1.62. The number of hydrogen-bond donors (Lipinski definition) is 1. The van der Waals surface area contributed by atoms with Crippen molar-refractivity contribution in [3.8, 4) is 5.75 Å². The van der Waals surface area contributed by atoms with E-state index >= 15 is 0 Å². The topological polar surface area (TPSA) is 21.3 Å². The Morgan fingerprint density at radius 3 is 2.79 bits per heavy atom. The van der Waals surface area contributed by atoms with Crippen LogP contribution in [0.2, 0.25) is 0 Å². The molecular formula is C15H15FINO. The molecule has 0 radical (unpaired) electrons. The molecule has 0 aliphatic heterocycles. The Bertz CT molecular complexity index is 560. The molecule has 0 bridgehead atoms. The van der Waals surface area contributed by atoms with Gasteiger partial charge >= 0.3 is 0 Å². The fourth-order valence-electron chi connectivity index (χ4n) is 1.77. The molecule has 0 fully saturated rings. The highest BCUT2D eigenvalue weighted by Gasteiger charge is 2.05. The fraction of sp³-hybridized carbons (Fsp3) is 0.200. The van der Waals surface area contributed by atoms with E-state index in [1.807, 2.05) is 37.4 Å². The van der Waals surface area contributed by atoms with Crippen molar-refractivity contribution < 1.29 is 9.13 Å². The summed E-state index contributed by atoms with van der Waals surface area (Å²) >= 11 is 2.22. The van der Waals surface area contributed by atoms with Crippen LogP contribution in [0.3, 0.4) is 0 Å². The first-order valence-electron chi connectivity index (χ1n) is 5.99. The van der Waals surface area contributed by atoms with Crippen LogP contribution in [0.5, 0.6) is 5.75 Å². The van der Waals surface area contributed by atoms with Gasteiger partial charge in [0.15, 0.2) is 0 Å². The fourth-order valence-corrected chi connectivity index (χ4v) is 2.29. The Hall–Kier alpha value is -1.14. The van der Waals surface area contributed by atoms with Gasteiger partial charge in [0.05, 0.1) is 0 Å². The largest absolute Gasteiger partial charge is 0.489 e. The molecule has 0 atom stereocenters. The van der Waals surface area contributed by atoms with E-state index in [4.69, 9.17) is 4.74 Å². The first-order chi connectivity index (χ1) is 9.19. The molecule has 100 valence electrons. The molecule has 0 amide bonds. The second-order valence-corrected chi connectivity index (χ2v) is 5.45. The minimum atomic E-state index is -0.231. The van der Waals surface area contributed by atoms with Crippen LogP contribution in [0.4, 0.5) is 4.39 Å². The van der Waals surface area contributed by atoms with Gasteiger partial charge in [-0.25, -0.2) is 4.39 Å². The molecule has 2 aromatic carbocycles. The van der Waals surface area contributed by atoms with Crippen molar-refractivity contribution in [2.45, 2.75) is 13.2 Å².